The molecular formula is C17H23N3O4S. The molecule has 136 valence electrons. The first-order chi connectivity index (χ1) is 11.9. The van der Waals surface area contributed by atoms with E-state index in [9.17, 15) is 13.2 Å². The molecule has 0 saturated carbocycles. The third-order valence-corrected chi connectivity index (χ3v) is 5.06. The van der Waals surface area contributed by atoms with Gasteiger partial charge in [0, 0.05) is 19.2 Å². The second-order valence-electron chi connectivity index (χ2n) is 5.60. The van der Waals surface area contributed by atoms with Crippen LogP contribution in [0.25, 0.3) is 0 Å². The topological polar surface area (TPSA) is 106 Å². The maximum absolute atomic E-state index is 12.9. The van der Waals surface area contributed by atoms with Gasteiger partial charge in [-0.15, -0.1) is 0 Å². The number of nitrogens with zero attached hydrogens (tertiary/aromatic N) is 1. The van der Waals surface area contributed by atoms with Crippen molar-refractivity contribution in [3.05, 3.63) is 53.3 Å². The Balaban J connectivity index is 2.30. The van der Waals surface area contributed by atoms with Crippen molar-refractivity contribution in [1.29, 1.82) is 0 Å². The molecule has 0 saturated heterocycles. The van der Waals surface area contributed by atoms with Crippen LogP contribution in [0.3, 0.4) is 0 Å². The van der Waals surface area contributed by atoms with E-state index in [1.165, 1.54) is 13.1 Å². The standard InChI is InChI=1S/C17H23N3O4S/c1-13-15(11-16(24-13)25(22,23)19-2)17(21)20(10-6-9-18)12-14-7-4-3-5-8-14/h3-5,7-8,11,19H,6,9-10,12,18H2,1-2H3. The number of furan rings is 1. The van der Waals surface area contributed by atoms with Crippen molar-refractivity contribution in [2.45, 2.75) is 25.0 Å². The van der Waals surface area contributed by atoms with Gasteiger partial charge in [-0.1, -0.05) is 30.3 Å². The fourth-order valence-corrected chi connectivity index (χ4v) is 3.12. The molecule has 0 spiro atoms. The number of carbonyl (C=O) groups excluding carboxylic acids is 1. The predicted octanol–water partition coefficient (Wildman–Crippen LogP) is 1.49. The molecule has 0 aliphatic carbocycles. The second kappa shape index (κ2) is 8.28. The molecule has 1 amide bonds. The molecule has 1 heterocycles. The van der Waals surface area contributed by atoms with E-state index in [4.69, 9.17) is 10.2 Å². The summed E-state index contributed by atoms with van der Waals surface area (Å²) in [6.07, 6.45) is 0.650. The number of aryl methyl sites for hydroxylation is 1. The molecule has 2 aromatic rings. The molecule has 3 N–H and O–H groups in total. The van der Waals surface area contributed by atoms with Crippen molar-refractivity contribution >= 4 is 15.9 Å². The molecule has 0 bridgehead atoms. The lowest BCUT2D eigenvalue weighted by atomic mass is 10.1. The van der Waals surface area contributed by atoms with Crippen LogP contribution in [0.5, 0.6) is 0 Å². The van der Waals surface area contributed by atoms with E-state index in [1.54, 1.807) is 11.8 Å². The van der Waals surface area contributed by atoms with Crippen LogP contribution >= 0.6 is 0 Å². The zero-order chi connectivity index (χ0) is 18.4. The van der Waals surface area contributed by atoms with Crippen LogP contribution in [0.4, 0.5) is 0 Å². The average Bonchev–Trinajstić information content (AvgIpc) is 3.01. The van der Waals surface area contributed by atoms with Crippen LogP contribution in [0.2, 0.25) is 0 Å². The number of nitrogens with one attached hydrogen (secondary N) is 1. The Morgan fingerprint density at radius 2 is 1.96 bits per heavy atom. The largest absolute Gasteiger partial charge is 0.448 e. The summed E-state index contributed by atoms with van der Waals surface area (Å²) in [4.78, 5) is 14.6. The Hall–Kier alpha value is -2.16. The van der Waals surface area contributed by atoms with Gasteiger partial charge in [-0.05, 0) is 32.5 Å². The number of hydrogen-bond acceptors (Lipinski definition) is 5. The van der Waals surface area contributed by atoms with E-state index < -0.39 is 10.0 Å². The van der Waals surface area contributed by atoms with Crippen molar-refractivity contribution in [3.63, 3.8) is 0 Å². The van der Waals surface area contributed by atoms with Gasteiger partial charge < -0.3 is 15.1 Å². The van der Waals surface area contributed by atoms with Gasteiger partial charge in [0.25, 0.3) is 15.9 Å². The summed E-state index contributed by atoms with van der Waals surface area (Å²) in [5.41, 5.74) is 6.80. The molecule has 1 aromatic carbocycles. The normalized spacial score (nSPS) is 11.5. The fraction of sp³-hybridized carbons (Fsp3) is 0.353. The molecule has 0 unspecified atom stereocenters. The molecular weight excluding hydrogens is 342 g/mol. The Bertz CT molecular complexity index is 816. The third-order valence-electron chi connectivity index (χ3n) is 3.79. The van der Waals surface area contributed by atoms with Crippen LogP contribution in [0, 0.1) is 6.92 Å². The van der Waals surface area contributed by atoms with E-state index >= 15 is 0 Å². The van der Waals surface area contributed by atoms with Crippen LogP contribution in [0.1, 0.15) is 28.1 Å². The molecule has 1 aromatic heterocycles. The SMILES string of the molecule is CNS(=O)(=O)c1cc(C(=O)N(CCCN)Cc2ccccc2)c(C)o1. The van der Waals surface area contributed by atoms with Gasteiger partial charge in [-0.2, -0.15) is 0 Å². The summed E-state index contributed by atoms with van der Waals surface area (Å²) < 4.78 is 31.2. The van der Waals surface area contributed by atoms with Gasteiger partial charge in [0.1, 0.15) is 5.76 Å². The Labute approximate surface area is 147 Å². The van der Waals surface area contributed by atoms with E-state index in [2.05, 4.69) is 4.72 Å². The summed E-state index contributed by atoms with van der Waals surface area (Å²) in [5.74, 6) is -0.0132. The maximum atomic E-state index is 12.9. The molecule has 0 aliphatic heterocycles. The van der Waals surface area contributed by atoms with Crippen molar-refractivity contribution < 1.29 is 17.6 Å². The zero-order valence-electron chi connectivity index (χ0n) is 14.4. The lowest BCUT2D eigenvalue weighted by molar-refractivity contribution is 0.0740. The zero-order valence-corrected chi connectivity index (χ0v) is 15.2. The van der Waals surface area contributed by atoms with E-state index in [-0.39, 0.29) is 22.3 Å². The van der Waals surface area contributed by atoms with Gasteiger partial charge in [-0.3, -0.25) is 4.79 Å². The number of sulfonamides is 1. The summed E-state index contributed by atoms with van der Waals surface area (Å²) in [7, 11) is -2.45. The number of nitrogens with two attached hydrogens (primary N) is 1. The summed E-state index contributed by atoms with van der Waals surface area (Å²) in [6, 6.07) is 10.8. The molecule has 8 heteroatoms. The number of hydrogen-bond donors (Lipinski definition) is 2. The van der Waals surface area contributed by atoms with E-state index in [0.717, 1.165) is 5.56 Å². The Morgan fingerprint density at radius 1 is 1.28 bits per heavy atom. The maximum Gasteiger partial charge on any atom is 0.273 e. The number of benzene rings is 1. The van der Waals surface area contributed by atoms with Gasteiger partial charge >= 0.3 is 0 Å². The Kier molecular flexibility index (Phi) is 6.35. The van der Waals surface area contributed by atoms with Crippen molar-refractivity contribution in [1.82, 2.24) is 9.62 Å². The fourth-order valence-electron chi connectivity index (χ4n) is 2.41. The minimum Gasteiger partial charge on any atom is -0.448 e. The van der Waals surface area contributed by atoms with Gasteiger partial charge in [0.15, 0.2) is 0 Å². The minimum absolute atomic E-state index is 0.238. The number of carbonyl (C=O) groups is 1. The molecule has 7 nitrogen and oxygen atoms in total. The monoisotopic (exact) mass is 365 g/mol. The van der Waals surface area contributed by atoms with Gasteiger partial charge in [-0.25, -0.2) is 13.1 Å². The van der Waals surface area contributed by atoms with Crippen LogP contribution in [0.15, 0.2) is 45.9 Å². The van der Waals surface area contributed by atoms with Crippen LogP contribution < -0.4 is 10.5 Å². The Morgan fingerprint density at radius 3 is 2.56 bits per heavy atom. The van der Waals surface area contributed by atoms with Crippen molar-refractivity contribution in [3.8, 4) is 0 Å². The lowest BCUT2D eigenvalue weighted by Crippen LogP contribution is -2.32. The second-order valence-corrected chi connectivity index (χ2v) is 7.41. The first-order valence-corrected chi connectivity index (χ1v) is 9.44. The highest BCUT2D eigenvalue weighted by atomic mass is 32.2. The first-order valence-electron chi connectivity index (χ1n) is 7.96. The quantitative estimate of drug-likeness (QED) is 0.737. The van der Waals surface area contributed by atoms with E-state index in [1.807, 2.05) is 30.3 Å². The average molecular weight is 365 g/mol. The van der Waals surface area contributed by atoms with Gasteiger partial charge in [0.05, 0.1) is 5.56 Å². The van der Waals surface area contributed by atoms with Gasteiger partial charge in [0.2, 0.25) is 5.09 Å². The lowest BCUT2D eigenvalue weighted by Gasteiger charge is -2.22. The van der Waals surface area contributed by atoms with Crippen molar-refractivity contribution in [2.24, 2.45) is 5.73 Å². The highest BCUT2D eigenvalue weighted by Gasteiger charge is 2.25. The first kappa shape index (κ1) is 19.2. The molecule has 25 heavy (non-hydrogen) atoms. The molecule has 0 fully saturated rings. The highest BCUT2D eigenvalue weighted by molar-refractivity contribution is 7.89. The van der Waals surface area contributed by atoms with E-state index in [0.29, 0.717) is 26.1 Å². The molecule has 0 atom stereocenters. The highest BCUT2D eigenvalue weighted by Crippen LogP contribution is 2.21. The number of amides is 1. The third kappa shape index (κ3) is 4.68. The van der Waals surface area contributed by atoms with Crippen molar-refractivity contribution in [2.75, 3.05) is 20.1 Å². The number of rotatable bonds is 8. The smallest absolute Gasteiger partial charge is 0.273 e. The summed E-state index contributed by atoms with van der Waals surface area (Å²) in [5, 5.41) is -0.269. The summed E-state index contributed by atoms with van der Waals surface area (Å²) in [6.45, 7) is 2.93. The predicted molar refractivity (Wildman–Crippen MR) is 94.5 cm³/mol. The minimum atomic E-state index is -3.74. The summed E-state index contributed by atoms with van der Waals surface area (Å²) >= 11 is 0. The van der Waals surface area contributed by atoms with Crippen LogP contribution in [-0.4, -0.2) is 39.4 Å². The molecule has 0 radical (unpaired) electrons. The molecule has 0 aliphatic rings. The van der Waals surface area contributed by atoms with Crippen LogP contribution in [-0.2, 0) is 16.6 Å². The molecule has 2 rings (SSSR count).